The van der Waals surface area contributed by atoms with Crippen molar-refractivity contribution in [2.75, 3.05) is 0 Å². The van der Waals surface area contributed by atoms with Crippen LogP contribution in [0.25, 0.3) is 0 Å². The van der Waals surface area contributed by atoms with Crippen LogP contribution in [0.4, 0.5) is 0 Å². The van der Waals surface area contributed by atoms with Crippen LogP contribution < -0.4 is 113 Å². The molecule has 32 heavy (non-hydrogen) atoms. The van der Waals surface area contributed by atoms with Crippen molar-refractivity contribution in [3.63, 3.8) is 0 Å². The molecule has 0 aromatic rings. The Morgan fingerprint density at radius 3 is 1.47 bits per heavy atom. The van der Waals surface area contributed by atoms with Crippen LogP contribution in [0, 0.1) is 29.6 Å². The Kier molecular flexibility index (Phi) is 22.2. The molecule has 178 valence electrons. The second-order valence-electron chi connectivity index (χ2n) is 8.75. The van der Waals surface area contributed by atoms with Gasteiger partial charge in [0.05, 0.1) is 5.97 Å². The molecule has 0 aliphatic rings. The number of carboxylic acids is 2. The van der Waals surface area contributed by atoms with Crippen molar-refractivity contribution in [1.82, 2.24) is 0 Å². The monoisotopic (exact) mass is 526 g/mol. The third-order valence-corrected chi connectivity index (χ3v) is 8.79. The van der Waals surface area contributed by atoms with Crippen LogP contribution in [0.1, 0.15) is 92.9 Å². The van der Waals surface area contributed by atoms with Crippen LogP contribution in [0.3, 0.4) is 0 Å². The summed E-state index contributed by atoms with van der Waals surface area (Å²) in [5, 5.41) is 24.4. The molecule has 0 rings (SSSR count). The Labute approximate surface area is 280 Å². The average Bonchev–Trinajstić information content (AvgIpc) is 2.65. The molecule has 4 atom stereocenters. The van der Waals surface area contributed by atoms with E-state index in [4.69, 9.17) is 0 Å². The van der Waals surface area contributed by atoms with Gasteiger partial charge in [-0.15, -0.1) is 0 Å². The molecule has 0 aromatic heterocycles. The largest absolute Gasteiger partial charge is 1.00 e. The number of rotatable bonds is 16. The number of aliphatic carboxylic acids is 2. The van der Waals surface area contributed by atoms with Gasteiger partial charge in [-0.3, -0.25) is 4.55 Å². The van der Waals surface area contributed by atoms with Crippen LogP contribution in [-0.2, 0) is 19.7 Å². The van der Waals surface area contributed by atoms with Gasteiger partial charge in [0.2, 0.25) is 0 Å². The molecule has 0 bridgehead atoms. The van der Waals surface area contributed by atoms with Crippen molar-refractivity contribution in [2.45, 2.75) is 97.7 Å². The Hall–Kier alpha value is 2.12. The van der Waals surface area contributed by atoms with E-state index in [9.17, 15) is 32.8 Å². The van der Waals surface area contributed by atoms with Crippen molar-refractivity contribution in [3.8, 4) is 0 Å². The van der Waals surface area contributed by atoms with E-state index in [0.717, 1.165) is 25.7 Å². The maximum Gasteiger partial charge on any atom is 1.00 e. The van der Waals surface area contributed by atoms with Crippen molar-refractivity contribution >= 4 is 22.1 Å². The summed E-state index contributed by atoms with van der Waals surface area (Å²) in [6.45, 7) is 10.9. The number of hydrogen-bond acceptors (Lipinski definition) is 6. The zero-order valence-corrected chi connectivity index (χ0v) is 28.4. The van der Waals surface area contributed by atoms with Crippen molar-refractivity contribution in [3.05, 3.63) is 0 Å². The van der Waals surface area contributed by atoms with Gasteiger partial charge in [0.25, 0.3) is 10.1 Å². The maximum atomic E-state index is 12.5. The fourth-order valence-electron chi connectivity index (χ4n) is 4.74. The minimum absolute atomic E-state index is 0. The third-order valence-electron chi connectivity index (χ3n) is 7.11. The van der Waals surface area contributed by atoms with Crippen molar-refractivity contribution in [2.24, 2.45) is 29.6 Å². The molecule has 7 nitrogen and oxygen atoms in total. The Balaban J connectivity index is -0.00000420. The molecule has 1 N–H and O–H groups in total. The molecule has 4 unspecified atom stereocenters. The Bertz CT molecular complexity index is 649. The van der Waals surface area contributed by atoms with E-state index in [0.29, 0.717) is 25.2 Å². The fraction of sp³-hybridized carbons (Fsp3) is 0.909. The molecule has 0 spiro atoms. The number of hydrogen-bond donors (Lipinski definition) is 1. The van der Waals surface area contributed by atoms with E-state index in [2.05, 4.69) is 0 Å². The topological polar surface area (TPSA) is 135 Å². The molecule has 0 radical (unpaired) electrons. The molecule has 0 saturated carbocycles. The molecular formula is C22H40K2O7S. The van der Waals surface area contributed by atoms with E-state index < -0.39 is 44.6 Å². The first-order valence-corrected chi connectivity index (χ1v) is 12.7. The number of carboxylic acid groups (broad SMARTS) is 2. The van der Waals surface area contributed by atoms with Crippen LogP contribution >= 0.6 is 0 Å². The van der Waals surface area contributed by atoms with E-state index in [1.807, 2.05) is 27.7 Å². The summed E-state index contributed by atoms with van der Waals surface area (Å²) >= 11 is 0. The summed E-state index contributed by atoms with van der Waals surface area (Å²) in [6.07, 6.45) is 5.06. The third kappa shape index (κ3) is 10.2. The van der Waals surface area contributed by atoms with Gasteiger partial charge in [-0.05, 0) is 36.5 Å². The van der Waals surface area contributed by atoms with Crippen molar-refractivity contribution in [1.29, 1.82) is 0 Å². The van der Waals surface area contributed by atoms with Gasteiger partial charge in [0.15, 0.2) is 0 Å². The fourth-order valence-corrected chi connectivity index (χ4v) is 6.23. The predicted octanol–water partition coefficient (Wildman–Crippen LogP) is -3.56. The minimum atomic E-state index is -5.31. The van der Waals surface area contributed by atoms with Gasteiger partial charge >= 0.3 is 103 Å². The van der Waals surface area contributed by atoms with Gasteiger partial charge in [-0.2, -0.15) is 8.42 Å². The molecule has 0 aliphatic heterocycles. The maximum absolute atomic E-state index is 12.5. The van der Waals surface area contributed by atoms with Gasteiger partial charge < -0.3 is 19.8 Å². The van der Waals surface area contributed by atoms with Crippen molar-refractivity contribution < 1.29 is 136 Å². The zero-order valence-electron chi connectivity index (χ0n) is 21.3. The molecule has 10 heteroatoms. The summed E-state index contributed by atoms with van der Waals surface area (Å²) in [5.74, 6) is -7.19. The minimum Gasteiger partial charge on any atom is -0.550 e. The smallest absolute Gasteiger partial charge is 0.550 e. The van der Waals surface area contributed by atoms with Gasteiger partial charge in [0.1, 0.15) is 4.75 Å². The molecule has 0 heterocycles. The van der Waals surface area contributed by atoms with Gasteiger partial charge in [-0.25, -0.2) is 0 Å². The summed E-state index contributed by atoms with van der Waals surface area (Å²) in [6, 6.07) is 0. The SMILES string of the molecule is CCC(CC)CCC(C)C(C(=O)[O-])C(C(=O)[O-])(C(C)CCC(CC)CC)S(=O)(=O)O.[K+].[K+]. The summed E-state index contributed by atoms with van der Waals surface area (Å²) in [7, 11) is -5.31. The number of carbonyl (C=O) groups is 2. The normalized spacial score (nSPS) is 16.4. The standard InChI is InChI=1S/C22H42O7S.2K/c1-7-17(8-2)13-11-15(5)19(20(23)24)22(21(25)26,30(27,28)29)16(6)12-14-18(9-3)10-4;;/h15-19H,7-14H2,1-6H3,(H,23,24)(H,25,26)(H,27,28,29);;/q;2*+1/p-2. The molecular weight excluding hydrogens is 486 g/mol. The van der Waals surface area contributed by atoms with Crippen LogP contribution in [0.2, 0.25) is 0 Å². The summed E-state index contributed by atoms with van der Waals surface area (Å²) in [4.78, 5) is 24.4. The van der Waals surface area contributed by atoms with Crippen LogP contribution in [-0.4, -0.2) is 29.7 Å². The summed E-state index contributed by atoms with van der Waals surface area (Å²) in [5.41, 5.74) is 0. The predicted molar refractivity (Wildman–Crippen MR) is 113 cm³/mol. The quantitative estimate of drug-likeness (QED) is 0.162. The summed E-state index contributed by atoms with van der Waals surface area (Å²) < 4.78 is 32.0. The molecule has 0 aliphatic carbocycles. The van der Waals surface area contributed by atoms with E-state index in [1.54, 1.807) is 0 Å². The molecule has 0 aromatic carbocycles. The zero-order chi connectivity index (χ0) is 23.7. The molecule has 0 fully saturated rings. The van der Waals surface area contributed by atoms with Crippen LogP contribution in [0.5, 0.6) is 0 Å². The van der Waals surface area contributed by atoms with Crippen LogP contribution in [0.15, 0.2) is 0 Å². The second kappa shape index (κ2) is 18.4. The van der Waals surface area contributed by atoms with Gasteiger partial charge in [0, 0.05) is 11.9 Å². The van der Waals surface area contributed by atoms with Gasteiger partial charge in [-0.1, -0.05) is 80.1 Å². The first kappa shape index (κ1) is 38.6. The Morgan fingerprint density at radius 2 is 1.19 bits per heavy atom. The van der Waals surface area contributed by atoms with E-state index in [1.165, 1.54) is 13.8 Å². The Morgan fingerprint density at radius 1 is 0.812 bits per heavy atom. The molecule has 0 amide bonds. The second-order valence-corrected chi connectivity index (χ2v) is 10.4. The molecule has 0 saturated heterocycles. The van der Waals surface area contributed by atoms with E-state index >= 15 is 0 Å². The first-order chi connectivity index (χ1) is 13.8. The van der Waals surface area contributed by atoms with E-state index in [-0.39, 0.29) is 115 Å². The number of carbonyl (C=O) groups excluding carboxylic acids is 2. The first-order valence-electron chi connectivity index (χ1n) is 11.2. The average molecular weight is 527 g/mol.